The molecule has 0 spiro atoms. The Labute approximate surface area is 140 Å². The Morgan fingerprint density at radius 2 is 1.96 bits per heavy atom. The van der Waals surface area contributed by atoms with Gasteiger partial charge < -0.3 is 9.88 Å². The molecule has 6 nitrogen and oxygen atoms in total. The molecule has 0 bridgehead atoms. The van der Waals surface area contributed by atoms with Crippen LogP contribution in [0.25, 0.3) is 11.2 Å². The van der Waals surface area contributed by atoms with Crippen molar-refractivity contribution in [2.24, 2.45) is 0 Å². The zero-order chi connectivity index (χ0) is 16.4. The number of aromatic nitrogens is 4. The minimum absolute atomic E-state index is 0.179. The van der Waals surface area contributed by atoms with Crippen LogP contribution in [-0.2, 0) is 6.54 Å². The highest BCUT2D eigenvalue weighted by Gasteiger charge is 2.21. The van der Waals surface area contributed by atoms with Crippen LogP contribution in [0.5, 0.6) is 0 Å². The largest absolute Gasteiger partial charge is 0.364 e. The lowest BCUT2D eigenvalue weighted by Gasteiger charge is -2.12. The quantitative estimate of drug-likeness (QED) is 0.797. The van der Waals surface area contributed by atoms with E-state index in [0.29, 0.717) is 18.4 Å². The van der Waals surface area contributed by atoms with E-state index < -0.39 is 0 Å². The van der Waals surface area contributed by atoms with Gasteiger partial charge in [0, 0.05) is 12.6 Å². The second-order valence-corrected chi connectivity index (χ2v) is 6.11. The van der Waals surface area contributed by atoms with Crippen molar-refractivity contribution in [1.29, 1.82) is 5.26 Å². The Morgan fingerprint density at radius 3 is 2.71 bits per heavy atom. The molecule has 24 heavy (non-hydrogen) atoms. The van der Waals surface area contributed by atoms with Crippen molar-refractivity contribution in [3.8, 4) is 6.07 Å². The van der Waals surface area contributed by atoms with Gasteiger partial charge in [0.05, 0.1) is 6.33 Å². The van der Waals surface area contributed by atoms with Crippen molar-refractivity contribution in [2.75, 3.05) is 5.32 Å². The number of nitrogens with zero attached hydrogens (tertiary/aromatic N) is 5. The monoisotopic (exact) mass is 318 g/mol. The lowest BCUT2D eigenvalue weighted by atomic mass is 10.2. The standard InChI is InChI=1S/C18H18N6/c19-10-15-22-17(20-11-13-6-2-1-3-7-13)16-18(23-15)24(12-21-16)14-8-4-5-9-14/h1-3,6-7,12,14H,4-5,8-9,11H2,(H,20,22,23). The molecule has 1 fully saturated rings. The van der Waals surface area contributed by atoms with E-state index in [0.717, 1.165) is 29.6 Å². The number of hydrogen-bond acceptors (Lipinski definition) is 5. The summed E-state index contributed by atoms with van der Waals surface area (Å²) in [6.45, 7) is 0.633. The van der Waals surface area contributed by atoms with Gasteiger partial charge in [-0.15, -0.1) is 0 Å². The minimum Gasteiger partial charge on any atom is -0.364 e. The first-order chi connectivity index (χ1) is 11.8. The molecule has 1 aliphatic carbocycles. The van der Waals surface area contributed by atoms with Crippen LogP contribution in [-0.4, -0.2) is 19.5 Å². The lowest BCUT2D eigenvalue weighted by Crippen LogP contribution is -2.07. The van der Waals surface area contributed by atoms with E-state index in [-0.39, 0.29) is 5.82 Å². The summed E-state index contributed by atoms with van der Waals surface area (Å²) >= 11 is 0. The van der Waals surface area contributed by atoms with Gasteiger partial charge in [-0.05, 0) is 18.4 Å². The van der Waals surface area contributed by atoms with Gasteiger partial charge in [0.2, 0.25) is 5.82 Å². The molecule has 1 aliphatic rings. The number of anilines is 1. The molecule has 1 aromatic carbocycles. The summed E-state index contributed by atoms with van der Waals surface area (Å²) in [5, 5.41) is 12.6. The highest BCUT2D eigenvalue weighted by molar-refractivity contribution is 5.83. The van der Waals surface area contributed by atoms with Gasteiger partial charge in [0.15, 0.2) is 17.0 Å². The number of nitrogens with one attached hydrogen (secondary N) is 1. The van der Waals surface area contributed by atoms with Gasteiger partial charge in [-0.1, -0.05) is 43.2 Å². The first-order valence-corrected chi connectivity index (χ1v) is 8.27. The van der Waals surface area contributed by atoms with Gasteiger partial charge >= 0.3 is 0 Å². The SMILES string of the molecule is N#Cc1nc(NCc2ccccc2)c2ncn(C3CCCC3)c2n1. The van der Waals surface area contributed by atoms with Crippen LogP contribution in [0.1, 0.15) is 43.1 Å². The summed E-state index contributed by atoms with van der Waals surface area (Å²) in [4.78, 5) is 13.2. The van der Waals surface area contributed by atoms with Crippen molar-refractivity contribution >= 4 is 17.0 Å². The molecule has 0 amide bonds. The highest BCUT2D eigenvalue weighted by Crippen LogP contribution is 2.32. The fourth-order valence-electron chi connectivity index (χ4n) is 3.32. The van der Waals surface area contributed by atoms with E-state index in [9.17, 15) is 5.26 Å². The highest BCUT2D eigenvalue weighted by atomic mass is 15.2. The average molecular weight is 318 g/mol. The van der Waals surface area contributed by atoms with Crippen molar-refractivity contribution in [1.82, 2.24) is 19.5 Å². The molecular formula is C18H18N6. The van der Waals surface area contributed by atoms with Gasteiger partial charge in [0.1, 0.15) is 6.07 Å². The third kappa shape index (κ3) is 2.69. The second kappa shape index (κ2) is 6.28. The van der Waals surface area contributed by atoms with E-state index in [1.54, 1.807) is 0 Å². The van der Waals surface area contributed by atoms with E-state index in [2.05, 4.69) is 30.9 Å². The van der Waals surface area contributed by atoms with E-state index in [1.165, 1.54) is 12.8 Å². The fourth-order valence-corrected chi connectivity index (χ4v) is 3.32. The molecule has 0 aliphatic heterocycles. The first kappa shape index (κ1) is 14.6. The Kier molecular flexibility index (Phi) is 3.83. The Morgan fingerprint density at radius 1 is 1.17 bits per heavy atom. The van der Waals surface area contributed by atoms with Crippen molar-refractivity contribution < 1.29 is 0 Å². The van der Waals surface area contributed by atoms with Crippen LogP contribution in [0.2, 0.25) is 0 Å². The number of fused-ring (bicyclic) bond motifs is 1. The molecule has 6 heteroatoms. The Hall–Kier alpha value is -2.94. The maximum Gasteiger partial charge on any atom is 0.236 e. The fraction of sp³-hybridized carbons (Fsp3) is 0.333. The molecule has 1 saturated carbocycles. The van der Waals surface area contributed by atoms with Crippen LogP contribution < -0.4 is 5.32 Å². The smallest absolute Gasteiger partial charge is 0.236 e. The van der Waals surface area contributed by atoms with Crippen molar-refractivity contribution in [3.63, 3.8) is 0 Å². The van der Waals surface area contributed by atoms with Gasteiger partial charge in [0.25, 0.3) is 0 Å². The van der Waals surface area contributed by atoms with Crippen molar-refractivity contribution in [3.05, 3.63) is 48.0 Å². The molecule has 0 unspecified atom stereocenters. The zero-order valence-corrected chi connectivity index (χ0v) is 13.3. The number of imidazole rings is 1. The van der Waals surface area contributed by atoms with Crippen LogP contribution in [0, 0.1) is 11.3 Å². The summed E-state index contributed by atoms with van der Waals surface area (Å²) in [6.07, 6.45) is 6.59. The summed E-state index contributed by atoms with van der Waals surface area (Å²) in [6, 6.07) is 12.6. The normalized spacial score (nSPS) is 14.8. The van der Waals surface area contributed by atoms with Gasteiger partial charge in [-0.2, -0.15) is 15.2 Å². The Balaban J connectivity index is 1.70. The predicted molar refractivity (Wildman–Crippen MR) is 91.3 cm³/mol. The van der Waals surface area contributed by atoms with Crippen LogP contribution in [0.3, 0.4) is 0 Å². The molecular weight excluding hydrogens is 300 g/mol. The third-order valence-corrected chi connectivity index (χ3v) is 4.54. The predicted octanol–water partition coefficient (Wildman–Crippen LogP) is 3.43. The first-order valence-electron chi connectivity index (χ1n) is 8.27. The average Bonchev–Trinajstić information content (AvgIpc) is 3.29. The number of hydrogen-bond donors (Lipinski definition) is 1. The van der Waals surface area contributed by atoms with E-state index >= 15 is 0 Å². The molecule has 2 aromatic heterocycles. The third-order valence-electron chi connectivity index (χ3n) is 4.54. The summed E-state index contributed by atoms with van der Waals surface area (Å²) in [7, 11) is 0. The molecule has 3 aromatic rings. The van der Waals surface area contributed by atoms with Gasteiger partial charge in [-0.3, -0.25) is 0 Å². The summed E-state index contributed by atoms with van der Waals surface area (Å²) < 4.78 is 2.11. The Bertz CT molecular complexity index is 887. The second-order valence-electron chi connectivity index (χ2n) is 6.11. The van der Waals surface area contributed by atoms with Crippen LogP contribution in [0.15, 0.2) is 36.7 Å². The maximum atomic E-state index is 9.27. The molecule has 1 N–H and O–H groups in total. The minimum atomic E-state index is 0.179. The maximum absolute atomic E-state index is 9.27. The molecule has 0 saturated heterocycles. The molecule has 2 heterocycles. The lowest BCUT2D eigenvalue weighted by molar-refractivity contribution is 0.528. The molecule has 4 rings (SSSR count). The summed E-state index contributed by atoms with van der Waals surface area (Å²) in [5.74, 6) is 0.801. The van der Waals surface area contributed by atoms with Crippen LogP contribution >= 0.6 is 0 Å². The summed E-state index contributed by atoms with van der Waals surface area (Å²) in [5.41, 5.74) is 2.64. The van der Waals surface area contributed by atoms with E-state index in [4.69, 9.17) is 0 Å². The van der Waals surface area contributed by atoms with Crippen molar-refractivity contribution in [2.45, 2.75) is 38.3 Å². The molecule has 0 atom stereocenters. The van der Waals surface area contributed by atoms with Crippen LogP contribution in [0.4, 0.5) is 5.82 Å². The van der Waals surface area contributed by atoms with Gasteiger partial charge in [-0.25, -0.2) is 4.98 Å². The van der Waals surface area contributed by atoms with E-state index in [1.807, 2.05) is 36.7 Å². The topological polar surface area (TPSA) is 79.4 Å². The number of benzene rings is 1. The zero-order valence-electron chi connectivity index (χ0n) is 13.3. The molecule has 0 radical (unpaired) electrons. The molecule has 120 valence electrons. The number of rotatable bonds is 4. The number of nitriles is 1.